The van der Waals surface area contributed by atoms with Crippen LogP contribution in [0.3, 0.4) is 0 Å². The van der Waals surface area contributed by atoms with Crippen LogP contribution in [0.15, 0.2) is 48.8 Å². The Balaban J connectivity index is 1.64. The number of nitrogens with zero attached hydrogens (tertiary/aromatic N) is 2. The largest absolute Gasteiger partial charge is 0.327 e. The number of hydrogen-bond acceptors (Lipinski definition) is 4. The maximum absolute atomic E-state index is 14.7. The first kappa shape index (κ1) is 28.8. The summed E-state index contributed by atoms with van der Waals surface area (Å²) >= 11 is 0. The number of carbonyl (C=O) groups excluding carboxylic acids is 1. The second-order valence-electron chi connectivity index (χ2n) is 12.1. The SMILES string of the molecule is CCC(C)C1C(N)CC(c2ccncc2NC(=O)c2ccc(F)c(-c3c(C)cccc3F)n2)CC1C(C)(C)C. The topological polar surface area (TPSA) is 80.9 Å². The Morgan fingerprint density at radius 1 is 1.13 bits per heavy atom. The van der Waals surface area contributed by atoms with Crippen molar-refractivity contribution < 1.29 is 13.6 Å². The van der Waals surface area contributed by atoms with Gasteiger partial charge in [0.2, 0.25) is 0 Å². The van der Waals surface area contributed by atoms with Crippen LogP contribution in [0.25, 0.3) is 11.3 Å². The Morgan fingerprint density at radius 2 is 1.87 bits per heavy atom. The van der Waals surface area contributed by atoms with Crippen LogP contribution in [0.1, 0.15) is 81.4 Å². The van der Waals surface area contributed by atoms with Crippen molar-refractivity contribution in [2.75, 3.05) is 5.32 Å². The van der Waals surface area contributed by atoms with E-state index in [0.29, 0.717) is 29.0 Å². The predicted octanol–water partition coefficient (Wildman–Crippen LogP) is 7.51. The van der Waals surface area contributed by atoms with Crippen molar-refractivity contribution in [2.24, 2.45) is 28.9 Å². The molecule has 39 heavy (non-hydrogen) atoms. The van der Waals surface area contributed by atoms with Gasteiger partial charge in [-0.05, 0) is 84.2 Å². The van der Waals surface area contributed by atoms with Crippen molar-refractivity contribution in [1.29, 1.82) is 0 Å². The van der Waals surface area contributed by atoms with Gasteiger partial charge in [0.05, 0.1) is 11.9 Å². The molecule has 3 N–H and O–H groups in total. The molecule has 0 saturated heterocycles. The lowest BCUT2D eigenvalue weighted by Gasteiger charge is -2.49. The Hall–Kier alpha value is -3.19. The number of halogens is 2. The molecule has 0 bridgehead atoms. The molecule has 2 heterocycles. The summed E-state index contributed by atoms with van der Waals surface area (Å²) < 4.78 is 29.3. The molecule has 0 spiro atoms. The molecule has 1 aliphatic rings. The highest BCUT2D eigenvalue weighted by molar-refractivity contribution is 6.03. The van der Waals surface area contributed by atoms with Crippen molar-refractivity contribution in [3.63, 3.8) is 0 Å². The summed E-state index contributed by atoms with van der Waals surface area (Å²) in [6.07, 6.45) is 6.24. The summed E-state index contributed by atoms with van der Waals surface area (Å²) in [6.45, 7) is 13.1. The molecule has 5 nitrogen and oxygen atoms in total. The molecule has 1 amide bonds. The van der Waals surface area contributed by atoms with Crippen LogP contribution in [-0.4, -0.2) is 21.9 Å². The molecular weight excluding hydrogens is 494 g/mol. The van der Waals surface area contributed by atoms with Gasteiger partial charge < -0.3 is 11.1 Å². The molecule has 1 fully saturated rings. The summed E-state index contributed by atoms with van der Waals surface area (Å²) in [5.41, 5.74) is 8.89. The summed E-state index contributed by atoms with van der Waals surface area (Å²) in [6, 6.07) is 8.94. The second kappa shape index (κ2) is 11.5. The van der Waals surface area contributed by atoms with Crippen LogP contribution < -0.4 is 11.1 Å². The van der Waals surface area contributed by atoms with Crippen molar-refractivity contribution in [3.8, 4) is 11.3 Å². The van der Waals surface area contributed by atoms with Gasteiger partial charge in [-0.15, -0.1) is 0 Å². The van der Waals surface area contributed by atoms with E-state index in [4.69, 9.17) is 5.73 Å². The molecule has 3 aromatic rings. The Kier molecular flexibility index (Phi) is 8.50. The maximum atomic E-state index is 14.7. The van der Waals surface area contributed by atoms with Gasteiger partial charge in [0.1, 0.15) is 23.0 Å². The highest BCUT2D eigenvalue weighted by atomic mass is 19.1. The highest BCUT2D eigenvalue weighted by Crippen LogP contribution is 2.50. The van der Waals surface area contributed by atoms with Crippen molar-refractivity contribution >= 4 is 11.6 Å². The zero-order valence-corrected chi connectivity index (χ0v) is 23.8. The van der Waals surface area contributed by atoms with Gasteiger partial charge in [0, 0.05) is 17.8 Å². The lowest BCUT2D eigenvalue weighted by molar-refractivity contribution is 0.0441. The first-order valence-corrected chi connectivity index (χ1v) is 13.8. The molecule has 0 radical (unpaired) electrons. The second-order valence-corrected chi connectivity index (χ2v) is 12.1. The molecule has 2 aromatic heterocycles. The number of benzene rings is 1. The summed E-state index contributed by atoms with van der Waals surface area (Å²) in [5.74, 6) is -0.268. The quantitative estimate of drug-likeness (QED) is 0.343. The van der Waals surface area contributed by atoms with Crippen LogP contribution in [0.2, 0.25) is 0 Å². The number of rotatable bonds is 6. The average Bonchev–Trinajstić information content (AvgIpc) is 2.88. The minimum Gasteiger partial charge on any atom is -0.327 e. The fraction of sp³-hybridized carbons (Fsp3) is 0.469. The van der Waals surface area contributed by atoms with E-state index < -0.39 is 17.5 Å². The average molecular weight is 535 g/mol. The van der Waals surface area contributed by atoms with Crippen LogP contribution in [0.5, 0.6) is 0 Å². The van der Waals surface area contributed by atoms with E-state index >= 15 is 0 Å². The maximum Gasteiger partial charge on any atom is 0.274 e. The molecule has 5 atom stereocenters. The minimum atomic E-state index is -0.693. The van der Waals surface area contributed by atoms with Crippen LogP contribution >= 0.6 is 0 Å². The molecule has 7 heteroatoms. The van der Waals surface area contributed by atoms with E-state index in [1.54, 1.807) is 31.5 Å². The summed E-state index contributed by atoms with van der Waals surface area (Å²) in [7, 11) is 0. The molecule has 208 valence electrons. The van der Waals surface area contributed by atoms with Gasteiger partial charge in [0.15, 0.2) is 0 Å². The number of anilines is 1. The molecule has 1 saturated carbocycles. The number of nitrogens with two attached hydrogens (primary N) is 1. The van der Waals surface area contributed by atoms with E-state index in [2.05, 4.69) is 49.9 Å². The van der Waals surface area contributed by atoms with Gasteiger partial charge in [-0.25, -0.2) is 13.8 Å². The third-order valence-corrected chi connectivity index (χ3v) is 8.55. The normalized spacial score (nSPS) is 22.4. The number of aryl methyl sites for hydroxylation is 1. The standard InChI is InChI=1S/C32H40F2N4O/c1-7-18(2)28-22(32(4,5)6)15-20(16-25(28)35)21-13-14-36-17-27(21)38-31(39)26-12-11-24(34)30(37-26)29-19(3)9-8-10-23(29)33/h8-14,17-18,20,22,25,28H,7,15-16,35H2,1-6H3,(H,38,39). The van der Waals surface area contributed by atoms with Crippen molar-refractivity contribution in [1.82, 2.24) is 9.97 Å². The first-order valence-electron chi connectivity index (χ1n) is 13.8. The molecule has 1 aromatic carbocycles. The van der Waals surface area contributed by atoms with Gasteiger partial charge in [-0.2, -0.15) is 0 Å². The smallest absolute Gasteiger partial charge is 0.274 e. The molecule has 0 aliphatic heterocycles. The van der Waals surface area contributed by atoms with E-state index in [-0.39, 0.29) is 34.3 Å². The Morgan fingerprint density at radius 3 is 2.54 bits per heavy atom. The van der Waals surface area contributed by atoms with Gasteiger partial charge in [-0.3, -0.25) is 9.78 Å². The zero-order chi connectivity index (χ0) is 28.5. The third kappa shape index (κ3) is 6.03. The van der Waals surface area contributed by atoms with Crippen LogP contribution in [0.4, 0.5) is 14.5 Å². The fourth-order valence-electron chi connectivity index (χ4n) is 6.35. The zero-order valence-electron chi connectivity index (χ0n) is 23.8. The lowest BCUT2D eigenvalue weighted by atomic mass is 9.57. The number of nitrogens with one attached hydrogen (secondary N) is 1. The number of amides is 1. The highest BCUT2D eigenvalue weighted by Gasteiger charge is 2.44. The van der Waals surface area contributed by atoms with E-state index in [0.717, 1.165) is 30.9 Å². The Labute approximate surface area is 230 Å². The third-order valence-electron chi connectivity index (χ3n) is 8.55. The van der Waals surface area contributed by atoms with Gasteiger partial charge in [0.25, 0.3) is 5.91 Å². The monoisotopic (exact) mass is 534 g/mol. The molecule has 1 aliphatic carbocycles. The van der Waals surface area contributed by atoms with Crippen LogP contribution in [-0.2, 0) is 0 Å². The van der Waals surface area contributed by atoms with E-state index in [1.807, 2.05) is 6.07 Å². The van der Waals surface area contributed by atoms with E-state index in [1.165, 1.54) is 12.1 Å². The lowest BCUT2D eigenvalue weighted by Crippen LogP contribution is -2.48. The number of aromatic nitrogens is 2. The first-order chi connectivity index (χ1) is 18.4. The van der Waals surface area contributed by atoms with Gasteiger partial charge >= 0.3 is 0 Å². The summed E-state index contributed by atoms with van der Waals surface area (Å²) in [5, 5.41) is 2.94. The summed E-state index contributed by atoms with van der Waals surface area (Å²) in [4.78, 5) is 21.8. The number of carbonyl (C=O) groups is 1. The number of pyridine rings is 2. The minimum absolute atomic E-state index is 0.00592. The van der Waals surface area contributed by atoms with Gasteiger partial charge in [-0.1, -0.05) is 53.2 Å². The predicted molar refractivity (Wildman–Crippen MR) is 152 cm³/mol. The molecular formula is C32H40F2N4O. The van der Waals surface area contributed by atoms with Crippen molar-refractivity contribution in [2.45, 2.75) is 72.8 Å². The fourth-order valence-corrected chi connectivity index (χ4v) is 6.35. The van der Waals surface area contributed by atoms with Crippen molar-refractivity contribution in [3.05, 3.63) is 77.2 Å². The molecule has 4 rings (SSSR count). The van der Waals surface area contributed by atoms with E-state index in [9.17, 15) is 13.6 Å². The number of hydrogen-bond donors (Lipinski definition) is 2. The molecule has 5 unspecified atom stereocenters. The Bertz CT molecular complexity index is 1320. The van der Waals surface area contributed by atoms with Crippen LogP contribution in [0, 0.1) is 41.7 Å².